The molecule has 21 heavy (non-hydrogen) atoms. The van der Waals surface area contributed by atoms with Crippen molar-refractivity contribution in [1.82, 2.24) is 4.90 Å². The summed E-state index contributed by atoms with van der Waals surface area (Å²) in [6.45, 7) is 2.25. The van der Waals surface area contributed by atoms with E-state index in [1.165, 1.54) is 12.1 Å². The number of rotatable bonds is 2. The van der Waals surface area contributed by atoms with Gasteiger partial charge in [0.05, 0.1) is 0 Å². The van der Waals surface area contributed by atoms with Gasteiger partial charge in [-0.25, -0.2) is 4.39 Å². The molecule has 2 aromatic carbocycles. The first-order chi connectivity index (χ1) is 10.3. The molecule has 0 N–H and O–H groups in total. The zero-order valence-electron chi connectivity index (χ0n) is 11.3. The van der Waals surface area contributed by atoms with E-state index >= 15 is 0 Å². The first kappa shape index (κ1) is 12.5. The van der Waals surface area contributed by atoms with Crippen LogP contribution in [0.15, 0.2) is 36.4 Å². The summed E-state index contributed by atoms with van der Waals surface area (Å²) >= 11 is 0. The summed E-state index contributed by atoms with van der Waals surface area (Å²) in [4.78, 5) is 2.15. The molecule has 0 saturated heterocycles. The molecule has 0 radical (unpaired) electrons. The lowest BCUT2D eigenvalue weighted by Crippen LogP contribution is -2.31. The van der Waals surface area contributed by atoms with Gasteiger partial charge in [0.2, 0.25) is 6.79 Å². The molecule has 0 aromatic heterocycles. The molecule has 4 rings (SSSR count). The number of hydrogen-bond donors (Lipinski definition) is 0. The van der Waals surface area contributed by atoms with Crippen molar-refractivity contribution in [1.29, 1.82) is 0 Å². The molecule has 0 spiro atoms. The van der Waals surface area contributed by atoms with Crippen molar-refractivity contribution in [2.75, 3.05) is 13.5 Å². The largest absolute Gasteiger partial charge is 0.478 e. The fourth-order valence-electron chi connectivity index (χ4n) is 2.62. The minimum Gasteiger partial charge on any atom is -0.478 e. The minimum atomic E-state index is -0.216. The normalized spacial score (nSPS) is 16.4. The van der Waals surface area contributed by atoms with Gasteiger partial charge in [0.25, 0.3) is 0 Å². The molecule has 0 saturated carbocycles. The Bertz CT molecular complexity index is 672. The van der Waals surface area contributed by atoms with Gasteiger partial charge in [-0.2, -0.15) is 0 Å². The fraction of sp³-hybridized carbons (Fsp3) is 0.250. The number of hydrogen-bond acceptors (Lipinski definition) is 4. The van der Waals surface area contributed by atoms with Crippen LogP contribution in [-0.2, 0) is 13.1 Å². The summed E-state index contributed by atoms with van der Waals surface area (Å²) in [7, 11) is 0. The Hall–Kier alpha value is -2.27. The average molecular weight is 287 g/mol. The Labute approximate surface area is 121 Å². The van der Waals surface area contributed by atoms with Crippen LogP contribution in [-0.4, -0.2) is 18.4 Å². The highest BCUT2D eigenvalue weighted by Crippen LogP contribution is 2.40. The monoisotopic (exact) mass is 287 g/mol. The lowest BCUT2D eigenvalue weighted by molar-refractivity contribution is 0.0885. The van der Waals surface area contributed by atoms with Gasteiger partial charge < -0.3 is 14.2 Å². The summed E-state index contributed by atoms with van der Waals surface area (Å²) in [6.07, 6.45) is 0. The lowest BCUT2D eigenvalue weighted by atomic mass is 10.1. The second-order valence-electron chi connectivity index (χ2n) is 5.20. The Morgan fingerprint density at radius 2 is 1.71 bits per heavy atom. The Morgan fingerprint density at radius 1 is 0.952 bits per heavy atom. The van der Waals surface area contributed by atoms with Crippen LogP contribution in [0.25, 0.3) is 0 Å². The molecule has 2 heterocycles. The number of fused-ring (bicyclic) bond motifs is 2. The van der Waals surface area contributed by atoms with Crippen LogP contribution in [0.4, 0.5) is 4.39 Å². The van der Waals surface area contributed by atoms with Crippen molar-refractivity contribution in [3.05, 3.63) is 53.3 Å². The zero-order chi connectivity index (χ0) is 14.2. The molecule has 0 fully saturated rings. The Morgan fingerprint density at radius 3 is 2.52 bits per heavy atom. The van der Waals surface area contributed by atoms with Crippen LogP contribution >= 0.6 is 0 Å². The van der Waals surface area contributed by atoms with Gasteiger partial charge >= 0.3 is 0 Å². The molecular formula is C16H14FNO3. The van der Waals surface area contributed by atoms with Crippen molar-refractivity contribution < 1.29 is 18.6 Å². The second kappa shape index (κ2) is 4.93. The SMILES string of the molecule is Fc1ccc(CN2COc3cc4c(cc3C2)OCO4)cc1. The zero-order valence-corrected chi connectivity index (χ0v) is 11.3. The molecule has 2 aliphatic rings. The van der Waals surface area contributed by atoms with E-state index in [9.17, 15) is 4.39 Å². The van der Waals surface area contributed by atoms with Gasteiger partial charge in [0, 0.05) is 24.7 Å². The van der Waals surface area contributed by atoms with E-state index in [1.807, 2.05) is 12.1 Å². The smallest absolute Gasteiger partial charge is 0.231 e. The van der Waals surface area contributed by atoms with Crippen LogP contribution in [0, 0.1) is 5.82 Å². The highest BCUT2D eigenvalue weighted by Gasteiger charge is 2.23. The standard InChI is InChI=1S/C16H14FNO3/c17-13-3-1-11(2-4-13)7-18-8-12-5-15-16(21-10-20-15)6-14(12)19-9-18/h1-6H,7-10H2. The first-order valence-corrected chi connectivity index (χ1v) is 6.80. The predicted octanol–water partition coefficient (Wildman–Crippen LogP) is 2.91. The lowest BCUT2D eigenvalue weighted by Gasteiger charge is -2.29. The predicted molar refractivity (Wildman–Crippen MR) is 73.7 cm³/mol. The van der Waals surface area contributed by atoms with Crippen molar-refractivity contribution in [2.24, 2.45) is 0 Å². The molecule has 108 valence electrons. The van der Waals surface area contributed by atoms with Crippen LogP contribution < -0.4 is 14.2 Å². The molecule has 0 unspecified atom stereocenters. The third kappa shape index (κ3) is 2.40. The van der Waals surface area contributed by atoms with E-state index in [-0.39, 0.29) is 12.6 Å². The summed E-state index contributed by atoms with van der Waals surface area (Å²) < 4.78 is 29.4. The maximum atomic E-state index is 12.9. The van der Waals surface area contributed by atoms with Gasteiger partial charge in [-0.3, -0.25) is 4.90 Å². The highest BCUT2D eigenvalue weighted by atomic mass is 19.1. The van der Waals surface area contributed by atoms with E-state index in [0.717, 1.165) is 34.9 Å². The maximum absolute atomic E-state index is 12.9. The molecule has 0 atom stereocenters. The first-order valence-electron chi connectivity index (χ1n) is 6.80. The Kier molecular flexibility index (Phi) is 2.93. The summed E-state index contributed by atoms with van der Waals surface area (Å²) in [5, 5.41) is 0. The third-order valence-corrected chi connectivity index (χ3v) is 3.67. The van der Waals surface area contributed by atoms with Crippen molar-refractivity contribution >= 4 is 0 Å². The van der Waals surface area contributed by atoms with Gasteiger partial charge in [-0.1, -0.05) is 12.1 Å². The average Bonchev–Trinajstić information content (AvgIpc) is 2.94. The molecule has 0 aliphatic carbocycles. The molecule has 4 nitrogen and oxygen atoms in total. The van der Waals surface area contributed by atoms with E-state index in [4.69, 9.17) is 14.2 Å². The van der Waals surface area contributed by atoms with Crippen LogP contribution in [0.1, 0.15) is 11.1 Å². The van der Waals surface area contributed by atoms with E-state index < -0.39 is 0 Å². The third-order valence-electron chi connectivity index (χ3n) is 3.67. The number of benzene rings is 2. The topological polar surface area (TPSA) is 30.9 Å². The summed E-state index contributed by atoms with van der Waals surface area (Å²) in [5.41, 5.74) is 2.14. The van der Waals surface area contributed by atoms with Gasteiger partial charge in [-0.15, -0.1) is 0 Å². The highest BCUT2D eigenvalue weighted by molar-refractivity contribution is 5.52. The maximum Gasteiger partial charge on any atom is 0.231 e. The summed E-state index contributed by atoms with van der Waals surface area (Å²) in [6, 6.07) is 10.4. The van der Waals surface area contributed by atoms with Crippen LogP contribution in [0.5, 0.6) is 17.2 Å². The molecule has 2 aliphatic heterocycles. The molecule has 2 aromatic rings. The quantitative estimate of drug-likeness (QED) is 0.850. The van der Waals surface area contributed by atoms with Crippen LogP contribution in [0.2, 0.25) is 0 Å². The van der Waals surface area contributed by atoms with Gasteiger partial charge in [-0.05, 0) is 23.8 Å². The Balaban J connectivity index is 1.52. The fourth-order valence-corrected chi connectivity index (χ4v) is 2.62. The number of ether oxygens (including phenoxy) is 3. The molecule has 5 heteroatoms. The van der Waals surface area contributed by atoms with Gasteiger partial charge in [0.15, 0.2) is 11.5 Å². The number of nitrogens with zero attached hydrogens (tertiary/aromatic N) is 1. The van der Waals surface area contributed by atoms with E-state index in [2.05, 4.69) is 4.90 Å². The van der Waals surface area contributed by atoms with E-state index in [1.54, 1.807) is 12.1 Å². The van der Waals surface area contributed by atoms with Gasteiger partial charge in [0.1, 0.15) is 18.3 Å². The molecular weight excluding hydrogens is 273 g/mol. The van der Waals surface area contributed by atoms with Crippen LogP contribution in [0.3, 0.4) is 0 Å². The van der Waals surface area contributed by atoms with E-state index in [0.29, 0.717) is 13.3 Å². The minimum absolute atomic E-state index is 0.216. The van der Waals surface area contributed by atoms with Crippen molar-refractivity contribution in [3.8, 4) is 17.2 Å². The van der Waals surface area contributed by atoms with Crippen molar-refractivity contribution in [3.63, 3.8) is 0 Å². The molecule has 0 bridgehead atoms. The number of halogens is 1. The van der Waals surface area contributed by atoms with Crippen molar-refractivity contribution in [2.45, 2.75) is 13.1 Å². The summed E-state index contributed by atoms with van der Waals surface area (Å²) in [5.74, 6) is 2.13. The molecule has 0 amide bonds. The second-order valence-corrected chi connectivity index (χ2v) is 5.20.